The molecule has 0 saturated carbocycles. The molecule has 1 fully saturated rings. The summed E-state index contributed by atoms with van der Waals surface area (Å²) in [6.07, 6.45) is 7.09. The number of rotatable bonds is 2. The van der Waals surface area contributed by atoms with E-state index in [-0.39, 0.29) is 5.66 Å². The molecule has 28 heavy (non-hydrogen) atoms. The lowest BCUT2D eigenvalue weighted by Gasteiger charge is -2.54. The van der Waals surface area contributed by atoms with Gasteiger partial charge in [0, 0.05) is 79.8 Å². The van der Waals surface area contributed by atoms with Crippen molar-refractivity contribution in [2.24, 2.45) is 4.99 Å². The Bertz CT molecular complexity index is 902. The highest BCUT2D eigenvalue weighted by molar-refractivity contribution is 6.31. The number of piperidine rings is 1. The van der Waals surface area contributed by atoms with Crippen LogP contribution in [0.25, 0.3) is 0 Å². The fraction of sp³-hybridized carbons (Fsp3) is 0.476. The molecule has 2 aromatic rings. The summed E-state index contributed by atoms with van der Waals surface area (Å²) in [5.74, 6) is 1.96. The van der Waals surface area contributed by atoms with E-state index in [2.05, 4.69) is 31.2 Å². The summed E-state index contributed by atoms with van der Waals surface area (Å²) in [4.78, 5) is 18.6. The Hall–Kier alpha value is -2.18. The van der Waals surface area contributed by atoms with Crippen LogP contribution in [0.15, 0.2) is 35.6 Å². The number of halogens is 1. The number of amidine groups is 1. The smallest absolute Gasteiger partial charge is 0.134 e. The van der Waals surface area contributed by atoms with E-state index >= 15 is 0 Å². The predicted molar refractivity (Wildman–Crippen MR) is 112 cm³/mol. The molecule has 6 nitrogen and oxygen atoms in total. The zero-order chi connectivity index (χ0) is 19.1. The van der Waals surface area contributed by atoms with Gasteiger partial charge in [-0.1, -0.05) is 11.6 Å². The standard InChI is InChI=1S/C21H25ClN6/c1-15-24-12-16(13-25-15)14-27-9-5-21(6-10-27)26-19-11-17(22)3-4-18(19)20-23-7-2-8-28(20)21/h3-4,11-13,26H,2,5-10,14H2,1H3. The molecule has 1 aromatic carbocycles. The van der Waals surface area contributed by atoms with Gasteiger partial charge in [-0.25, -0.2) is 9.97 Å². The maximum Gasteiger partial charge on any atom is 0.134 e. The van der Waals surface area contributed by atoms with E-state index < -0.39 is 0 Å². The minimum Gasteiger partial charge on any atom is -0.362 e. The topological polar surface area (TPSA) is 56.7 Å². The summed E-state index contributed by atoms with van der Waals surface area (Å²) < 4.78 is 0. The van der Waals surface area contributed by atoms with E-state index in [9.17, 15) is 0 Å². The Morgan fingerprint density at radius 3 is 2.71 bits per heavy atom. The number of aliphatic imine (C=N–C) groups is 1. The van der Waals surface area contributed by atoms with E-state index in [1.165, 1.54) is 11.1 Å². The first-order chi connectivity index (χ1) is 13.6. The normalized spacial score (nSPS) is 20.9. The van der Waals surface area contributed by atoms with Gasteiger partial charge in [-0.2, -0.15) is 0 Å². The van der Waals surface area contributed by atoms with Gasteiger partial charge >= 0.3 is 0 Å². The van der Waals surface area contributed by atoms with E-state index in [0.717, 1.165) is 74.4 Å². The molecule has 1 saturated heterocycles. The van der Waals surface area contributed by atoms with Crippen molar-refractivity contribution in [1.29, 1.82) is 0 Å². The van der Waals surface area contributed by atoms with Crippen molar-refractivity contribution >= 4 is 23.1 Å². The molecular formula is C21H25ClN6. The third kappa shape index (κ3) is 3.14. The fourth-order valence-electron chi connectivity index (χ4n) is 4.62. The molecule has 4 heterocycles. The van der Waals surface area contributed by atoms with Crippen molar-refractivity contribution in [2.75, 3.05) is 31.5 Å². The van der Waals surface area contributed by atoms with Gasteiger partial charge in [-0.05, 0) is 31.5 Å². The predicted octanol–water partition coefficient (Wildman–Crippen LogP) is 3.31. The first-order valence-electron chi connectivity index (χ1n) is 10.0. The summed E-state index contributed by atoms with van der Waals surface area (Å²) in [5.41, 5.74) is 3.39. The second kappa shape index (κ2) is 7.01. The van der Waals surface area contributed by atoms with E-state index in [0.29, 0.717) is 0 Å². The number of fused-ring (bicyclic) bond motifs is 4. The SMILES string of the molecule is Cc1ncc(CN2CCC3(CC2)Nc2cc(Cl)ccc2C2=NCCCN23)cn1. The maximum atomic E-state index is 6.29. The molecule has 0 aliphatic carbocycles. The first kappa shape index (κ1) is 17.9. The minimum atomic E-state index is -0.0722. The van der Waals surface area contributed by atoms with Crippen LogP contribution >= 0.6 is 11.6 Å². The van der Waals surface area contributed by atoms with Crippen molar-refractivity contribution in [1.82, 2.24) is 19.8 Å². The molecule has 0 unspecified atom stereocenters. The molecule has 1 N–H and O–H groups in total. The van der Waals surface area contributed by atoms with Crippen LogP contribution in [0.1, 0.15) is 36.2 Å². The molecule has 0 bridgehead atoms. The zero-order valence-electron chi connectivity index (χ0n) is 16.2. The zero-order valence-corrected chi connectivity index (χ0v) is 16.9. The number of hydrogen-bond donors (Lipinski definition) is 1. The van der Waals surface area contributed by atoms with Crippen LogP contribution in [0, 0.1) is 6.92 Å². The lowest BCUT2D eigenvalue weighted by Crippen LogP contribution is -2.65. The lowest BCUT2D eigenvalue weighted by atomic mass is 9.89. The number of nitrogens with one attached hydrogen (secondary N) is 1. The van der Waals surface area contributed by atoms with Crippen molar-refractivity contribution in [3.63, 3.8) is 0 Å². The Morgan fingerprint density at radius 2 is 1.93 bits per heavy atom. The van der Waals surface area contributed by atoms with Crippen molar-refractivity contribution in [2.45, 2.75) is 38.4 Å². The van der Waals surface area contributed by atoms with Crippen molar-refractivity contribution in [3.8, 4) is 0 Å². The second-order valence-corrected chi connectivity index (χ2v) is 8.41. The van der Waals surface area contributed by atoms with Crippen LogP contribution in [0.3, 0.4) is 0 Å². The molecule has 3 aliphatic rings. The third-order valence-corrected chi connectivity index (χ3v) is 6.32. The number of hydrogen-bond acceptors (Lipinski definition) is 6. The molecule has 1 spiro atoms. The molecule has 1 aromatic heterocycles. The number of aryl methyl sites for hydroxylation is 1. The molecule has 0 amide bonds. The van der Waals surface area contributed by atoms with Crippen LogP contribution in [0.2, 0.25) is 5.02 Å². The average Bonchev–Trinajstić information content (AvgIpc) is 2.71. The van der Waals surface area contributed by atoms with Gasteiger partial charge in [0.25, 0.3) is 0 Å². The number of anilines is 1. The molecule has 5 rings (SSSR count). The largest absolute Gasteiger partial charge is 0.362 e. The fourth-order valence-corrected chi connectivity index (χ4v) is 4.79. The highest BCUT2D eigenvalue weighted by Gasteiger charge is 2.45. The molecule has 146 valence electrons. The van der Waals surface area contributed by atoms with Crippen molar-refractivity contribution < 1.29 is 0 Å². The highest BCUT2D eigenvalue weighted by atomic mass is 35.5. The average molecular weight is 397 g/mol. The van der Waals surface area contributed by atoms with E-state index in [1.807, 2.05) is 31.5 Å². The van der Waals surface area contributed by atoms with E-state index in [4.69, 9.17) is 16.6 Å². The summed E-state index contributed by atoms with van der Waals surface area (Å²) in [7, 11) is 0. The molecule has 7 heteroatoms. The van der Waals surface area contributed by atoms with Crippen LogP contribution < -0.4 is 5.32 Å². The van der Waals surface area contributed by atoms with Gasteiger partial charge in [0.2, 0.25) is 0 Å². The minimum absolute atomic E-state index is 0.0722. The number of aromatic nitrogens is 2. The Kier molecular flexibility index (Phi) is 4.48. The third-order valence-electron chi connectivity index (χ3n) is 6.09. The van der Waals surface area contributed by atoms with Crippen LogP contribution in [-0.2, 0) is 6.54 Å². The molecule has 0 atom stereocenters. The van der Waals surface area contributed by atoms with Gasteiger partial charge in [0.15, 0.2) is 0 Å². The van der Waals surface area contributed by atoms with E-state index in [1.54, 1.807) is 0 Å². The maximum absolute atomic E-state index is 6.29. The van der Waals surface area contributed by atoms with Crippen LogP contribution in [0.4, 0.5) is 5.69 Å². The summed E-state index contributed by atoms with van der Waals surface area (Å²) in [6, 6.07) is 6.10. The number of nitrogens with zero attached hydrogens (tertiary/aromatic N) is 5. The first-order valence-corrected chi connectivity index (χ1v) is 10.4. The van der Waals surface area contributed by atoms with Gasteiger partial charge in [-0.15, -0.1) is 0 Å². The van der Waals surface area contributed by atoms with Crippen LogP contribution in [0.5, 0.6) is 0 Å². The summed E-state index contributed by atoms with van der Waals surface area (Å²) in [6.45, 7) is 6.84. The van der Waals surface area contributed by atoms with Gasteiger partial charge in [0.1, 0.15) is 17.3 Å². The van der Waals surface area contributed by atoms with Crippen molar-refractivity contribution in [3.05, 3.63) is 52.6 Å². The van der Waals surface area contributed by atoms with Gasteiger partial charge in [0.05, 0.1) is 0 Å². The number of benzene rings is 1. The second-order valence-electron chi connectivity index (χ2n) is 7.97. The van der Waals surface area contributed by atoms with Gasteiger partial charge in [-0.3, -0.25) is 9.89 Å². The lowest BCUT2D eigenvalue weighted by molar-refractivity contribution is 0.0798. The quantitative estimate of drug-likeness (QED) is 0.843. The van der Waals surface area contributed by atoms with Gasteiger partial charge < -0.3 is 10.2 Å². The van der Waals surface area contributed by atoms with Crippen LogP contribution in [-0.4, -0.2) is 57.4 Å². The highest BCUT2D eigenvalue weighted by Crippen LogP contribution is 2.40. The molecule has 3 aliphatic heterocycles. The molecule has 0 radical (unpaired) electrons. The number of likely N-dealkylation sites (tertiary alicyclic amines) is 1. The molecular weight excluding hydrogens is 372 g/mol. The Morgan fingerprint density at radius 1 is 1.14 bits per heavy atom. The summed E-state index contributed by atoms with van der Waals surface area (Å²) in [5, 5.41) is 4.62. The Labute approximate surface area is 170 Å². The monoisotopic (exact) mass is 396 g/mol. The summed E-state index contributed by atoms with van der Waals surface area (Å²) >= 11 is 6.29. The Balaban J connectivity index is 1.37.